The van der Waals surface area contributed by atoms with E-state index in [-0.39, 0.29) is 0 Å². The second kappa shape index (κ2) is 8.16. The van der Waals surface area contributed by atoms with Gasteiger partial charge in [0, 0.05) is 43.1 Å². The first kappa shape index (κ1) is 17.5. The van der Waals surface area contributed by atoms with Crippen LogP contribution in [0.1, 0.15) is 23.3 Å². The number of guanidine groups is 1. The van der Waals surface area contributed by atoms with Crippen molar-refractivity contribution in [2.24, 2.45) is 4.99 Å². The molecule has 0 amide bonds. The molecule has 3 aromatic rings. The number of nitrogens with zero attached hydrogens (tertiary/aromatic N) is 3. The molecule has 2 N–H and O–H groups in total. The van der Waals surface area contributed by atoms with Crippen molar-refractivity contribution in [1.82, 2.24) is 20.2 Å². The first-order chi connectivity index (χ1) is 12.2. The van der Waals surface area contributed by atoms with Gasteiger partial charge in [0.2, 0.25) is 0 Å². The van der Waals surface area contributed by atoms with Gasteiger partial charge in [0.05, 0.1) is 17.2 Å². The van der Waals surface area contributed by atoms with Crippen molar-refractivity contribution < 1.29 is 0 Å². The first-order valence-electron chi connectivity index (χ1n) is 8.63. The number of hydrogen-bond acceptors (Lipinski definition) is 3. The molecule has 0 saturated heterocycles. The highest BCUT2D eigenvalue weighted by atomic mass is 32.1. The molecule has 0 aliphatic rings. The summed E-state index contributed by atoms with van der Waals surface area (Å²) in [5.74, 6) is 0.921. The zero-order valence-corrected chi connectivity index (χ0v) is 15.9. The Kier molecular flexibility index (Phi) is 5.71. The number of aromatic amines is 1. The molecule has 0 spiro atoms. The largest absolute Gasteiger partial charge is 0.358 e. The number of fused-ring (bicyclic) bond motifs is 1. The Morgan fingerprint density at radius 3 is 2.92 bits per heavy atom. The summed E-state index contributed by atoms with van der Waals surface area (Å²) in [7, 11) is 2.05. The van der Waals surface area contributed by atoms with Crippen LogP contribution in [-0.4, -0.2) is 41.0 Å². The monoisotopic (exact) mass is 355 g/mol. The van der Waals surface area contributed by atoms with E-state index in [1.54, 1.807) is 11.3 Å². The summed E-state index contributed by atoms with van der Waals surface area (Å²) >= 11 is 1.69. The summed E-state index contributed by atoms with van der Waals surface area (Å²) in [4.78, 5) is 14.9. The molecule has 0 saturated carbocycles. The molecule has 0 bridgehead atoms. The third kappa shape index (κ3) is 4.60. The second-order valence-electron chi connectivity index (χ2n) is 6.08. The van der Waals surface area contributed by atoms with E-state index in [4.69, 9.17) is 4.99 Å². The molecule has 3 rings (SSSR count). The molecule has 0 radical (unpaired) electrons. The van der Waals surface area contributed by atoms with Gasteiger partial charge in [-0.2, -0.15) is 0 Å². The molecule has 5 nitrogen and oxygen atoms in total. The van der Waals surface area contributed by atoms with Gasteiger partial charge in [0.15, 0.2) is 5.96 Å². The van der Waals surface area contributed by atoms with E-state index in [1.165, 1.54) is 16.6 Å². The van der Waals surface area contributed by atoms with Crippen molar-refractivity contribution in [3.8, 4) is 0 Å². The Hall–Kier alpha value is -2.34. The fraction of sp³-hybridized carbons (Fsp3) is 0.368. The molecule has 1 aromatic carbocycles. The van der Waals surface area contributed by atoms with Gasteiger partial charge in [-0.3, -0.25) is 4.99 Å². The van der Waals surface area contributed by atoms with E-state index in [1.807, 2.05) is 6.92 Å². The summed E-state index contributed by atoms with van der Waals surface area (Å²) in [5.41, 5.74) is 3.49. The predicted molar refractivity (Wildman–Crippen MR) is 106 cm³/mol. The number of aromatic nitrogens is 2. The Morgan fingerprint density at radius 1 is 1.36 bits per heavy atom. The van der Waals surface area contributed by atoms with E-state index >= 15 is 0 Å². The van der Waals surface area contributed by atoms with Gasteiger partial charge < -0.3 is 15.2 Å². The number of rotatable bonds is 6. The lowest BCUT2D eigenvalue weighted by molar-refractivity contribution is 0.471. The maximum Gasteiger partial charge on any atom is 0.194 e. The Bertz CT molecular complexity index is 815. The lowest BCUT2D eigenvalue weighted by Crippen LogP contribution is -2.38. The standard InChI is InChI=1S/C19H25N5S/c1-4-20-19(24(3)12-17-13-25-14(2)22-17)21-10-9-16-11-15-7-5-6-8-18(15)23-16/h5-8,11,13,23H,4,9-10,12H2,1-3H3,(H,20,21). The van der Waals surface area contributed by atoms with Crippen LogP contribution in [0.3, 0.4) is 0 Å². The number of hydrogen-bond donors (Lipinski definition) is 2. The second-order valence-corrected chi connectivity index (χ2v) is 7.14. The van der Waals surface area contributed by atoms with E-state index in [2.05, 4.69) is 69.9 Å². The highest BCUT2D eigenvalue weighted by Gasteiger charge is 2.08. The number of nitrogens with one attached hydrogen (secondary N) is 2. The van der Waals surface area contributed by atoms with Gasteiger partial charge in [-0.05, 0) is 31.4 Å². The summed E-state index contributed by atoms with van der Waals surface area (Å²) < 4.78 is 0. The molecular weight excluding hydrogens is 330 g/mol. The van der Waals surface area contributed by atoms with Crippen LogP contribution in [0.25, 0.3) is 10.9 Å². The molecular formula is C19H25N5S. The molecule has 0 fully saturated rings. The van der Waals surface area contributed by atoms with E-state index in [0.717, 1.165) is 42.7 Å². The van der Waals surface area contributed by atoms with Crippen molar-refractivity contribution in [2.45, 2.75) is 26.8 Å². The summed E-state index contributed by atoms with van der Waals surface area (Å²) in [5, 5.41) is 7.83. The van der Waals surface area contributed by atoms with Gasteiger partial charge in [-0.25, -0.2) is 4.98 Å². The van der Waals surface area contributed by atoms with Crippen molar-refractivity contribution in [1.29, 1.82) is 0 Å². The van der Waals surface area contributed by atoms with Crippen molar-refractivity contribution >= 4 is 28.2 Å². The lowest BCUT2D eigenvalue weighted by Gasteiger charge is -2.21. The van der Waals surface area contributed by atoms with Crippen LogP contribution in [0.15, 0.2) is 40.7 Å². The molecule has 132 valence electrons. The van der Waals surface area contributed by atoms with Gasteiger partial charge in [0.25, 0.3) is 0 Å². The maximum absolute atomic E-state index is 4.77. The van der Waals surface area contributed by atoms with Gasteiger partial charge in [0.1, 0.15) is 0 Å². The minimum Gasteiger partial charge on any atom is -0.358 e. The highest BCUT2D eigenvalue weighted by Crippen LogP contribution is 2.15. The van der Waals surface area contributed by atoms with Crippen LogP contribution < -0.4 is 5.32 Å². The Labute approximate surface area is 152 Å². The minimum absolute atomic E-state index is 0.746. The molecule has 0 aliphatic carbocycles. The van der Waals surface area contributed by atoms with Crippen molar-refractivity contribution in [2.75, 3.05) is 20.1 Å². The molecule has 25 heavy (non-hydrogen) atoms. The zero-order chi connectivity index (χ0) is 17.6. The van der Waals surface area contributed by atoms with Crippen LogP contribution >= 0.6 is 11.3 Å². The SMILES string of the molecule is CCNC(=NCCc1cc2ccccc2[nH]1)N(C)Cc1csc(C)n1. The van der Waals surface area contributed by atoms with Gasteiger partial charge in [-0.1, -0.05) is 18.2 Å². The Balaban J connectivity index is 1.62. The molecule has 0 unspecified atom stereocenters. The molecule has 2 heterocycles. The van der Waals surface area contributed by atoms with Crippen LogP contribution in [0, 0.1) is 6.92 Å². The van der Waals surface area contributed by atoms with Gasteiger partial charge >= 0.3 is 0 Å². The molecule has 0 aliphatic heterocycles. The summed E-state index contributed by atoms with van der Waals surface area (Å²) in [6.45, 7) is 6.49. The number of para-hydroxylation sites is 1. The van der Waals surface area contributed by atoms with Crippen molar-refractivity contribution in [3.63, 3.8) is 0 Å². The fourth-order valence-corrected chi connectivity index (χ4v) is 3.42. The van der Waals surface area contributed by atoms with E-state index in [9.17, 15) is 0 Å². The maximum atomic E-state index is 4.77. The number of aliphatic imine (C=N–C) groups is 1. The van der Waals surface area contributed by atoms with Crippen LogP contribution in [0.2, 0.25) is 0 Å². The predicted octanol–water partition coefficient (Wildman–Crippen LogP) is 3.57. The van der Waals surface area contributed by atoms with Crippen molar-refractivity contribution in [3.05, 3.63) is 52.1 Å². The minimum atomic E-state index is 0.746. The third-order valence-corrected chi connectivity index (χ3v) is 4.81. The number of aryl methyl sites for hydroxylation is 1. The number of thiazole rings is 1. The average molecular weight is 356 g/mol. The van der Waals surface area contributed by atoms with E-state index in [0.29, 0.717) is 0 Å². The third-order valence-electron chi connectivity index (χ3n) is 3.99. The molecule has 6 heteroatoms. The summed E-state index contributed by atoms with van der Waals surface area (Å²) in [6.07, 6.45) is 0.896. The average Bonchev–Trinajstić information content (AvgIpc) is 3.19. The highest BCUT2D eigenvalue weighted by molar-refractivity contribution is 7.09. The number of H-pyrrole nitrogens is 1. The van der Waals surface area contributed by atoms with E-state index < -0.39 is 0 Å². The smallest absolute Gasteiger partial charge is 0.194 e. The Morgan fingerprint density at radius 2 is 2.20 bits per heavy atom. The van der Waals surface area contributed by atoms with Crippen LogP contribution in [0.5, 0.6) is 0 Å². The molecule has 0 atom stereocenters. The quantitative estimate of drug-likeness (QED) is 0.525. The zero-order valence-electron chi connectivity index (χ0n) is 15.0. The first-order valence-corrected chi connectivity index (χ1v) is 9.50. The van der Waals surface area contributed by atoms with Crippen LogP contribution in [-0.2, 0) is 13.0 Å². The lowest BCUT2D eigenvalue weighted by atomic mass is 10.2. The van der Waals surface area contributed by atoms with Crippen LogP contribution in [0.4, 0.5) is 0 Å². The van der Waals surface area contributed by atoms with Gasteiger partial charge in [-0.15, -0.1) is 11.3 Å². The summed E-state index contributed by atoms with van der Waals surface area (Å²) in [6, 6.07) is 10.6. The fourth-order valence-electron chi connectivity index (χ4n) is 2.82. The molecule has 2 aromatic heterocycles. The topological polar surface area (TPSA) is 56.3 Å². The normalized spacial score (nSPS) is 11.9. The number of benzene rings is 1.